The molecule has 1 aromatic carbocycles. The molecule has 134 valence electrons. The van der Waals surface area contributed by atoms with E-state index < -0.39 is 0 Å². The standard InChI is InChI=1S/C18H24FN5O/c1-4-22-10-5-11-23(13(2)12-22)18(25)17-20-14(3)24(21-17)16-8-6-15(19)7-9-16/h6-9,13H,4-5,10-12H2,1-3H3. The minimum absolute atomic E-state index is 0.119. The van der Waals surface area contributed by atoms with Gasteiger partial charge in [-0.05, 0) is 57.6 Å². The van der Waals surface area contributed by atoms with E-state index in [0.29, 0.717) is 18.1 Å². The highest BCUT2D eigenvalue weighted by Gasteiger charge is 2.28. The maximum atomic E-state index is 13.1. The van der Waals surface area contributed by atoms with Crippen molar-refractivity contribution in [1.82, 2.24) is 24.6 Å². The first-order valence-electron chi connectivity index (χ1n) is 8.72. The van der Waals surface area contributed by atoms with Crippen molar-refractivity contribution in [3.8, 4) is 5.69 Å². The first kappa shape index (κ1) is 17.5. The third-order valence-corrected chi connectivity index (χ3v) is 4.67. The summed E-state index contributed by atoms with van der Waals surface area (Å²) in [5.41, 5.74) is 0.687. The van der Waals surface area contributed by atoms with Gasteiger partial charge >= 0.3 is 0 Å². The molecule has 0 saturated carbocycles. The third-order valence-electron chi connectivity index (χ3n) is 4.67. The van der Waals surface area contributed by atoms with E-state index in [-0.39, 0.29) is 23.6 Å². The number of aryl methyl sites for hydroxylation is 1. The lowest BCUT2D eigenvalue weighted by Gasteiger charge is -2.27. The van der Waals surface area contributed by atoms with E-state index in [1.54, 1.807) is 23.7 Å². The predicted octanol–water partition coefficient (Wildman–Crippen LogP) is 2.27. The number of aromatic nitrogens is 3. The summed E-state index contributed by atoms with van der Waals surface area (Å²) in [5.74, 6) is 0.345. The highest BCUT2D eigenvalue weighted by Crippen LogP contribution is 2.15. The van der Waals surface area contributed by atoms with Crippen molar-refractivity contribution < 1.29 is 9.18 Å². The molecule has 0 aliphatic carbocycles. The maximum absolute atomic E-state index is 13.1. The van der Waals surface area contributed by atoms with Gasteiger partial charge in [0.1, 0.15) is 11.6 Å². The molecule has 1 aromatic heterocycles. The lowest BCUT2D eigenvalue weighted by atomic mass is 10.2. The van der Waals surface area contributed by atoms with E-state index in [9.17, 15) is 9.18 Å². The summed E-state index contributed by atoms with van der Waals surface area (Å²) in [7, 11) is 0. The number of benzene rings is 1. The van der Waals surface area contributed by atoms with Gasteiger partial charge in [-0.1, -0.05) is 6.92 Å². The van der Waals surface area contributed by atoms with Crippen molar-refractivity contribution >= 4 is 5.91 Å². The Labute approximate surface area is 147 Å². The first-order chi connectivity index (χ1) is 12.0. The number of hydrogen-bond acceptors (Lipinski definition) is 4. The average molecular weight is 345 g/mol. The molecule has 2 aromatic rings. The van der Waals surface area contributed by atoms with Crippen molar-refractivity contribution in [3.63, 3.8) is 0 Å². The van der Waals surface area contributed by atoms with E-state index >= 15 is 0 Å². The molecule has 0 bridgehead atoms. The Hall–Kier alpha value is -2.28. The van der Waals surface area contributed by atoms with Gasteiger partial charge in [-0.2, -0.15) is 0 Å². The molecule has 6 nitrogen and oxygen atoms in total. The fourth-order valence-corrected chi connectivity index (χ4v) is 3.27. The summed E-state index contributed by atoms with van der Waals surface area (Å²) >= 11 is 0. The number of carbonyl (C=O) groups excluding carboxylic acids is 1. The zero-order chi connectivity index (χ0) is 18.0. The molecule has 3 rings (SSSR count). The smallest absolute Gasteiger partial charge is 0.293 e. The quantitative estimate of drug-likeness (QED) is 0.856. The lowest BCUT2D eigenvalue weighted by molar-refractivity contribution is 0.0681. The molecular formula is C18H24FN5O. The van der Waals surface area contributed by atoms with Crippen molar-refractivity contribution in [1.29, 1.82) is 0 Å². The Kier molecular flexibility index (Phi) is 5.13. The van der Waals surface area contributed by atoms with Crippen molar-refractivity contribution in [2.45, 2.75) is 33.2 Å². The van der Waals surface area contributed by atoms with Crippen molar-refractivity contribution in [2.75, 3.05) is 26.2 Å². The predicted molar refractivity (Wildman–Crippen MR) is 93.3 cm³/mol. The number of nitrogens with zero attached hydrogens (tertiary/aromatic N) is 5. The summed E-state index contributed by atoms with van der Waals surface area (Å²) in [4.78, 5) is 21.5. The Morgan fingerprint density at radius 2 is 2.00 bits per heavy atom. The molecular weight excluding hydrogens is 321 g/mol. The molecule has 1 fully saturated rings. The first-order valence-corrected chi connectivity index (χ1v) is 8.72. The largest absolute Gasteiger partial charge is 0.332 e. The van der Waals surface area contributed by atoms with Crippen LogP contribution in [0.5, 0.6) is 0 Å². The van der Waals surface area contributed by atoms with Crippen LogP contribution in [0.25, 0.3) is 5.69 Å². The Balaban J connectivity index is 1.83. The van der Waals surface area contributed by atoms with Gasteiger partial charge in [0.2, 0.25) is 5.82 Å². The zero-order valence-electron chi connectivity index (χ0n) is 14.9. The molecule has 0 spiro atoms. The fraction of sp³-hybridized carbons (Fsp3) is 0.500. The minimum Gasteiger partial charge on any atom is -0.332 e. The number of likely N-dealkylation sites (N-methyl/N-ethyl adjacent to an activating group) is 1. The van der Waals surface area contributed by atoms with Crippen LogP contribution in [-0.2, 0) is 0 Å². The molecule has 1 atom stereocenters. The van der Waals surface area contributed by atoms with Crippen LogP contribution in [0.4, 0.5) is 4.39 Å². The SMILES string of the molecule is CCN1CCCN(C(=O)c2nc(C)n(-c3ccc(F)cc3)n2)C(C)C1. The lowest BCUT2D eigenvalue weighted by Crippen LogP contribution is -2.43. The second-order valence-electron chi connectivity index (χ2n) is 6.47. The van der Waals surface area contributed by atoms with Crippen LogP contribution in [0, 0.1) is 12.7 Å². The number of halogens is 1. The van der Waals surface area contributed by atoms with Gasteiger partial charge in [0.15, 0.2) is 0 Å². The Bertz CT molecular complexity index is 742. The molecule has 0 radical (unpaired) electrons. The van der Waals surface area contributed by atoms with Crippen LogP contribution in [0.3, 0.4) is 0 Å². The van der Waals surface area contributed by atoms with Gasteiger partial charge in [-0.15, -0.1) is 5.10 Å². The van der Waals surface area contributed by atoms with Crippen LogP contribution >= 0.6 is 0 Å². The molecule has 2 heterocycles. The van der Waals surface area contributed by atoms with Crippen molar-refractivity contribution in [2.24, 2.45) is 0 Å². The topological polar surface area (TPSA) is 54.3 Å². The van der Waals surface area contributed by atoms with Gasteiger partial charge in [-0.25, -0.2) is 14.1 Å². The Morgan fingerprint density at radius 3 is 2.68 bits per heavy atom. The van der Waals surface area contributed by atoms with Gasteiger partial charge in [-0.3, -0.25) is 4.79 Å². The highest BCUT2D eigenvalue weighted by molar-refractivity contribution is 5.90. The van der Waals surface area contributed by atoms with Crippen LogP contribution < -0.4 is 0 Å². The molecule has 7 heteroatoms. The van der Waals surface area contributed by atoms with E-state index in [2.05, 4.69) is 28.8 Å². The molecule has 1 amide bonds. The molecule has 0 N–H and O–H groups in total. The summed E-state index contributed by atoms with van der Waals surface area (Å²) in [5, 5.41) is 4.37. The van der Waals surface area contributed by atoms with E-state index in [4.69, 9.17) is 0 Å². The third kappa shape index (κ3) is 3.71. The number of hydrogen-bond donors (Lipinski definition) is 0. The summed E-state index contributed by atoms with van der Waals surface area (Å²) in [6.45, 7) is 9.55. The summed E-state index contributed by atoms with van der Waals surface area (Å²) < 4.78 is 14.7. The maximum Gasteiger partial charge on any atom is 0.293 e. The van der Waals surface area contributed by atoms with E-state index in [1.807, 2.05) is 4.90 Å². The summed E-state index contributed by atoms with van der Waals surface area (Å²) in [6, 6.07) is 6.10. The highest BCUT2D eigenvalue weighted by atomic mass is 19.1. The van der Waals surface area contributed by atoms with Crippen LogP contribution in [0.2, 0.25) is 0 Å². The van der Waals surface area contributed by atoms with Gasteiger partial charge < -0.3 is 9.80 Å². The molecule has 25 heavy (non-hydrogen) atoms. The van der Waals surface area contributed by atoms with Crippen LogP contribution in [0.1, 0.15) is 36.7 Å². The average Bonchev–Trinajstić information content (AvgIpc) is 2.88. The normalized spacial score (nSPS) is 19.0. The van der Waals surface area contributed by atoms with Crippen LogP contribution in [-0.4, -0.2) is 62.7 Å². The number of amides is 1. The Morgan fingerprint density at radius 1 is 1.28 bits per heavy atom. The van der Waals surface area contributed by atoms with Gasteiger partial charge in [0, 0.05) is 19.1 Å². The second kappa shape index (κ2) is 7.31. The molecule has 1 unspecified atom stereocenters. The molecule has 1 aliphatic rings. The van der Waals surface area contributed by atoms with Crippen molar-refractivity contribution in [3.05, 3.63) is 41.7 Å². The second-order valence-corrected chi connectivity index (χ2v) is 6.47. The molecule has 1 aliphatic heterocycles. The number of rotatable bonds is 3. The fourth-order valence-electron chi connectivity index (χ4n) is 3.27. The summed E-state index contributed by atoms with van der Waals surface area (Å²) in [6.07, 6.45) is 0.946. The van der Waals surface area contributed by atoms with Gasteiger partial charge in [0.25, 0.3) is 5.91 Å². The van der Waals surface area contributed by atoms with Gasteiger partial charge in [0.05, 0.1) is 5.69 Å². The molecule has 1 saturated heterocycles. The van der Waals surface area contributed by atoms with E-state index in [1.165, 1.54) is 12.1 Å². The zero-order valence-corrected chi connectivity index (χ0v) is 14.9. The van der Waals surface area contributed by atoms with Crippen LogP contribution in [0.15, 0.2) is 24.3 Å². The number of carbonyl (C=O) groups is 1. The minimum atomic E-state index is -0.309. The monoisotopic (exact) mass is 345 g/mol. The van der Waals surface area contributed by atoms with E-state index in [0.717, 1.165) is 26.1 Å².